The second kappa shape index (κ2) is 10.7. The van der Waals surface area contributed by atoms with Crippen molar-refractivity contribution in [1.82, 2.24) is 19.9 Å². The summed E-state index contributed by atoms with van der Waals surface area (Å²) in [5.74, 6) is -1.48. The Balaban J connectivity index is 1.07. The van der Waals surface area contributed by atoms with Gasteiger partial charge in [0.1, 0.15) is 11.8 Å². The molecule has 1 aromatic carbocycles. The number of carboxylic acids is 1. The number of piperidine rings is 1. The topological polar surface area (TPSA) is 121 Å². The van der Waals surface area contributed by atoms with E-state index >= 15 is 0 Å². The molecule has 0 radical (unpaired) electrons. The molecule has 38 heavy (non-hydrogen) atoms. The highest BCUT2D eigenvalue weighted by molar-refractivity contribution is 7.14. The molecule has 2 N–H and O–H groups in total. The van der Waals surface area contributed by atoms with Gasteiger partial charge in [0.05, 0.1) is 11.3 Å². The van der Waals surface area contributed by atoms with E-state index in [0.29, 0.717) is 18.1 Å². The molecule has 10 nitrogen and oxygen atoms in total. The lowest BCUT2D eigenvalue weighted by molar-refractivity contribution is 0.0697. The van der Waals surface area contributed by atoms with Crippen molar-refractivity contribution in [2.75, 3.05) is 23.3 Å². The Labute approximate surface area is 224 Å². The van der Waals surface area contributed by atoms with Crippen LogP contribution in [0.25, 0.3) is 0 Å². The molecule has 0 saturated carbocycles. The van der Waals surface area contributed by atoms with E-state index in [1.54, 1.807) is 36.0 Å². The third kappa shape index (κ3) is 5.21. The fourth-order valence-electron chi connectivity index (χ4n) is 5.82. The standard InChI is InChI=1S/C27H30N6O4S/c34-24(23-16-38-27(31-23)32-12-8-20(9-13-32)37-26-28-10-1-11-29-26)30-22-7-2-17(14-21(22)25(35)36)15-33-18-3-4-19(33)6-5-18/h1-2,7,10-11,14,16,18-20H,3-6,8-9,12-13,15H2,(H,30,34)(H,35,36). The highest BCUT2D eigenvalue weighted by atomic mass is 32.1. The van der Waals surface area contributed by atoms with Gasteiger partial charge in [-0.05, 0) is 49.4 Å². The lowest BCUT2D eigenvalue weighted by Gasteiger charge is -2.31. The van der Waals surface area contributed by atoms with E-state index in [0.717, 1.165) is 43.2 Å². The SMILES string of the molecule is O=C(Nc1ccc(CN2C3CCC2CC3)cc1C(=O)O)c1csc(N2CCC(Oc3ncccn3)CC2)n1. The fraction of sp³-hybridized carbons (Fsp3) is 0.444. The monoisotopic (exact) mass is 534 g/mol. The summed E-state index contributed by atoms with van der Waals surface area (Å²) in [6.07, 6.45) is 9.87. The highest BCUT2D eigenvalue weighted by Gasteiger charge is 2.39. The third-order valence-electron chi connectivity index (χ3n) is 7.78. The maximum absolute atomic E-state index is 13.0. The Kier molecular flexibility index (Phi) is 6.94. The number of aromatic carboxylic acids is 1. The molecule has 3 aromatic rings. The van der Waals surface area contributed by atoms with Crippen molar-refractivity contribution in [2.45, 2.75) is 63.3 Å². The van der Waals surface area contributed by atoms with E-state index in [2.05, 4.69) is 30.1 Å². The number of nitrogens with zero attached hydrogens (tertiary/aromatic N) is 5. The lowest BCUT2D eigenvalue weighted by Crippen LogP contribution is -2.38. The minimum absolute atomic E-state index is 0.0365. The van der Waals surface area contributed by atoms with E-state index in [4.69, 9.17) is 4.74 Å². The van der Waals surface area contributed by atoms with E-state index in [1.165, 1.54) is 37.0 Å². The summed E-state index contributed by atoms with van der Waals surface area (Å²) in [4.78, 5) is 42.4. The summed E-state index contributed by atoms with van der Waals surface area (Å²) >= 11 is 1.40. The normalized spacial score (nSPS) is 21.5. The number of hydrogen-bond donors (Lipinski definition) is 2. The molecule has 3 aliphatic rings. The van der Waals surface area contributed by atoms with Crippen molar-refractivity contribution >= 4 is 34.0 Å². The summed E-state index contributed by atoms with van der Waals surface area (Å²) < 4.78 is 5.86. The van der Waals surface area contributed by atoms with Crippen molar-refractivity contribution in [1.29, 1.82) is 0 Å². The first-order chi connectivity index (χ1) is 18.5. The van der Waals surface area contributed by atoms with Gasteiger partial charge in [-0.2, -0.15) is 0 Å². The number of hydrogen-bond acceptors (Lipinski definition) is 9. The molecular formula is C27H30N6O4S. The highest BCUT2D eigenvalue weighted by Crippen LogP contribution is 2.38. The molecule has 3 aliphatic heterocycles. The van der Waals surface area contributed by atoms with E-state index in [9.17, 15) is 14.7 Å². The van der Waals surface area contributed by atoms with E-state index < -0.39 is 11.9 Å². The molecule has 5 heterocycles. The molecule has 198 valence electrons. The molecule has 2 bridgehead atoms. The number of anilines is 2. The summed E-state index contributed by atoms with van der Waals surface area (Å²) in [6.45, 7) is 2.24. The molecule has 0 spiro atoms. The minimum Gasteiger partial charge on any atom is -0.478 e. The van der Waals surface area contributed by atoms with Gasteiger partial charge in [0.25, 0.3) is 5.91 Å². The second-order valence-corrected chi connectivity index (χ2v) is 11.0. The van der Waals surface area contributed by atoms with Crippen molar-refractivity contribution in [3.05, 3.63) is 58.9 Å². The zero-order valence-electron chi connectivity index (χ0n) is 21.0. The smallest absolute Gasteiger partial charge is 0.337 e. The number of rotatable bonds is 8. The van der Waals surface area contributed by atoms with Gasteiger partial charge >= 0.3 is 12.0 Å². The van der Waals surface area contributed by atoms with Crippen molar-refractivity contribution in [2.24, 2.45) is 0 Å². The van der Waals surface area contributed by atoms with Crippen LogP contribution < -0.4 is 15.0 Å². The van der Waals surface area contributed by atoms with E-state index in [1.807, 2.05) is 6.07 Å². The van der Waals surface area contributed by atoms with Crippen LogP contribution in [-0.4, -0.2) is 68.1 Å². The summed E-state index contributed by atoms with van der Waals surface area (Å²) in [5, 5.41) is 15.1. The van der Waals surface area contributed by atoms with Gasteiger partial charge in [0.15, 0.2) is 5.13 Å². The number of carbonyl (C=O) groups is 2. The lowest BCUT2D eigenvalue weighted by atomic mass is 10.0. The van der Waals surface area contributed by atoms with Crippen molar-refractivity contribution in [3.8, 4) is 6.01 Å². The number of thiazole rings is 1. The molecule has 11 heteroatoms. The minimum atomic E-state index is -1.06. The first kappa shape index (κ1) is 24.7. The number of benzene rings is 1. The van der Waals surface area contributed by atoms with Crippen molar-refractivity contribution in [3.63, 3.8) is 0 Å². The number of amides is 1. The maximum Gasteiger partial charge on any atom is 0.337 e. The van der Waals surface area contributed by atoms with Crippen LogP contribution in [-0.2, 0) is 6.54 Å². The Hall–Kier alpha value is -3.57. The van der Waals surface area contributed by atoms with Gasteiger partial charge in [-0.15, -0.1) is 11.3 Å². The maximum atomic E-state index is 13.0. The average Bonchev–Trinajstić information content (AvgIpc) is 3.67. The number of carbonyl (C=O) groups excluding carboxylic acids is 1. The Bertz CT molecular complexity index is 1290. The van der Waals surface area contributed by atoms with Gasteiger partial charge in [-0.1, -0.05) is 6.07 Å². The second-order valence-electron chi connectivity index (χ2n) is 10.1. The third-order valence-corrected chi connectivity index (χ3v) is 8.68. The zero-order valence-corrected chi connectivity index (χ0v) is 21.8. The summed E-state index contributed by atoms with van der Waals surface area (Å²) in [5.41, 5.74) is 1.62. The molecular weight excluding hydrogens is 504 g/mol. The molecule has 0 aliphatic carbocycles. The number of fused-ring (bicyclic) bond motifs is 2. The number of aromatic nitrogens is 3. The quantitative estimate of drug-likeness (QED) is 0.441. The molecule has 1 amide bonds. The Morgan fingerprint density at radius 2 is 1.76 bits per heavy atom. The summed E-state index contributed by atoms with van der Waals surface area (Å²) in [7, 11) is 0. The van der Waals surface area contributed by atoms with Crippen molar-refractivity contribution < 1.29 is 19.4 Å². The van der Waals surface area contributed by atoms with Gasteiger partial charge in [-0.25, -0.2) is 19.7 Å². The predicted octanol–water partition coefficient (Wildman–Crippen LogP) is 4.06. The number of ether oxygens (including phenoxy) is 1. The predicted molar refractivity (Wildman–Crippen MR) is 143 cm³/mol. The van der Waals surface area contributed by atoms with Gasteiger partial charge in [0, 0.05) is 62.3 Å². The number of nitrogens with one attached hydrogen (secondary N) is 1. The van der Waals surface area contributed by atoms with Crippen LogP contribution in [0, 0.1) is 0 Å². The fourth-order valence-corrected chi connectivity index (χ4v) is 6.68. The van der Waals surface area contributed by atoms with Crippen LogP contribution in [0.5, 0.6) is 6.01 Å². The van der Waals surface area contributed by atoms with Gasteiger partial charge in [-0.3, -0.25) is 9.69 Å². The average molecular weight is 535 g/mol. The molecule has 0 unspecified atom stereocenters. The molecule has 3 fully saturated rings. The summed E-state index contributed by atoms with van der Waals surface area (Å²) in [6, 6.07) is 8.67. The first-order valence-electron chi connectivity index (χ1n) is 13.1. The molecule has 3 saturated heterocycles. The largest absolute Gasteiger partial charge is 0.478 e. The zero-order chi connectivity index (χ0) is 26.1. The van der Waals surface area contributed by atoms with Crippen LogP contribution in [0.1, 0.15) is 64.9 Å². The van der Waals surface area contributed by atoms with Gasteiger partial charge < -0.3 is 20.1 Å². The van der Waals surface area contributed by atoms with Crippen LogP contribution in [0.4, 0.5) is 10.8 Å². The van der Waals surface area contributed by atoms with Gasteiger partial charge in [0.2, 0.25) is 0 Å². The Morgan fingerprint density at radius 1 is 1.05 bits per heavy atom. The molecule has 6 rings (SSSR count). The van der Waals surface area contributed by atoms with E-state index in [-0.39, 0.29) is 23.0 Å². The first-order valence-corrected chi connectivity index (χ1v) is 14.0. The van der Waals surface area contributed by atoms with Crippen LogP contribution in [0.3, 0.4) is 0 Å². The number of carboxylic acid groups (broad SMARTS) is 1. The molecule has 0 atom stereocenters. The molecule has 2 aromatic heterocycles. The van der Waals surface area contributed by atoms with Crippen LogP contribution >= 0.6 is 11.3 Å². The van der Waals surface area contributed by atoms with Crippen LogP contribution in [0.15, 0.2) is 42.0 Å². The van der Waals surface area contributed by atoms with Crippen LogP contribution in [0.2, 0.25) is 0 Å². The Morgan fingerprint density at radius 3 is 2.45 bits per heavy atom.